The summed E-state index contributed by atoms with van der Waals surface area (Å²) in [5.74, 6) is -1.16. The number of anilines is 2. The lowest BCUT2D eigenvalue weighted by molar-refractivity contribution is 0.102. The van der Waals surface area contributed by atoms with Crippen molar-refractivity contribution < 1.29 is 14.7 Å². The lowest BCUT2D eigenvalue weighted by atomic mass is 10.1. The average molecular weight is 362 g/mol. The minimum Gasteiger partial charge on any atom is -0.507 e. The van der Waals surface area contributed by atoms with Gasteiger partial charge in [0.1, 0.15) is 5.75 Å². The predicted octanol–water partition coefficient (Wildman–Crippen LogP) is 3.30. The predicted molar refractivity (Wildman–Crippen MR) is 102 cm³/mol. The van der Waals surface area contributed by atoms with Crippen molar-refractivity contribution in [2.45, 2.75) is 13.8 Å². The number of nitrogens with one attached hydrogen (secondary N) is 2. The molecule has 2 heterocycles. The summed E-state index contributed by atoms with van der Waals surface area (Å²) in [7, 11) is 0. The summed E-state index contributed by atoms with van der Waals surface area (Å²) in [6.45, 7) is 3.54. The van der Waals surface area contributed by atoms with E-state index in [2.05, 4.69) is 20.6 Å². The van der Waals surface area contributed by atoms with Crippen LogP contribution in [0.5, 0.6) is 5.75 Å². The van der Waals surface area contributed by atoms with Gasteiger partial charge in [0.2, 0.25) is 0 Å². The van der Waals surface area contributed by atoms with Gasteiger partial charge in [0.05, 0.1) is 28.3 Å². The molecule has 0 unspecified atom stereocenters. The molecule has 2 amide bonds. The molecule has 2 aromatic heterocycles. The summed E-state index contributed by atoms with van der Waals surface area (Å²) in [6.07, 6.45) is 3.25. The van der Waals surface area contributed by atoms with Crippen LogP contribution in [0.15, 0.2) is 54.9 Å². The number of phenols is 1. The Kier molecular flexibility index (Phi) is 5.12. The number of carbonyl (C=O) groups is 2. The third-order valence-electron chi connectivity index (χ3n) is 4.01. The first-order chi connectivity index (χ1) is 13.0. The van der Waals surface area contributed by atoms with Gasteiger partial charge in [-0.25, -0.2) is 0 Å². The maximum atomic E-state index is 12.5. The lowest BCUT2D eigenvalue weighted by Gasteiger charge is -2.11. The molecule has 27 heavy (non-hydrogen) atoms. The molecule has 0 radical (unpaired) electrons. The Morgan fingerprint density at radius 2 is 1.41 bits per heavy atom. The molecular formula is C20H18N4O3. The summed E-state index contributed by atoms with van der Waals surface area (Å²) >= 11 is 0. The van der Waals surface area contributed by atoms with Gasteiger partial charge >= 0.3 is 0 Å². The Morgan fingerprint density at radius 1 is 0.852 bits per heavy atom. The van der Waals surface area contributed by atoms with Crippen LogP contribution in [0.25, 0.3) is 0 Å². The van der Waals surface area contributed by atoms with Crippen LogP contribution in [0.4, 0.5) is 11.4 Å². The number of carbonyl (C=O) groups excluding carboxylic acids is 2. The molecule has 0 saturated heterocycles. The fourth-order valence-electron chi connectivity index (χ4n) is 2.48. The molecule has 0 aliphatic rings. The molecule has 3 N–H and O–H groups in total. The van der Waals surface area contributed by atoms with E-state index < -0.39 is 11.8 Å². The second-order valence-electron chi connectivity index (χ2n) is 5.91. The van der Waals surface area contributed by atoms with Gasteiger partial charge in [-0.05, 0) is 56.3 Å². The fraction of sp³-hybridized carbons (Fsp3) is 0.100. The van der Waals surface area contributed by atoms with Gasteiger partial charge in [-0.2, -0.15) is 0 Å². The summed E-state index contributed by atoms with van der Waals surface area (Å²) in [6, 6.07) is 11.0. The maximum absolute atomic E-state index is 12.5. The Balaban J connectivity index is 1.83. The molecule has 0 aliphatic carbocycles. The first-order valence-corrected chi connectivity index (χ1v) is 8.24. The average Bonchev–Trinajstić information content (AvgIpc) is 2.65. The van der Waals surface area contributed by atoms with Gasteiger partial charge in [0.25, 0.3) is 11.8 Å². The molecule has 3 rings (SSSR count). The third kappa shape index (κ3) is 4.09. The number of hydrogen-bond donors (Lipinski definition) is 3. The van der Waals surface area contributed by atoms with Gasteiger partial charge in [-0.3, -0.25) is 19.6 Å². The SMILES string of the molecule is Cc1ncccc1NC(=O)c1ccc(O)c(C(=O)Nc2cccnc2C)c1. The number of aromatic nitrogens is 2. The number of aryl methyl sites for hydroxylation is 2. The van der Waals surface area contributed by atoms with Gasteiger partial charge in [-0.1, -0.05) is 0 Å². The van der Waals surface area contributed by atoms with Crippen molar-refractivity contribution >= 4 is 23.2 Å². The molecule has 7 nitrogen and oxygen atoms in total. The van der Waals surface area contributed by atoms with Crippen LogP contribution in [0.1, 0.15) is 32.1 Å². The van der Waals surface area contributed by atoms with Crippen molar-refractivity contribution in [3.8, 4) is 5.75 Å². The molecular weight excluding hydrogens is 344 g/mol. The van der Waals surface area contributed by atoms with E-state index in [0.717, 1.165) is 0 Å². The molecule has 0 saturated carbocycles. The van der Waals surface area contributed by atoms with Gasteiger partial charge in [-0.15, -0.1) is 0 Å². The zero-order valence-electron chi connectivity index (χ0n) is 14.9. The highest BCUT2D eigenvalue weighted by Gasteiger charge is 2.16. The number of amides is 2. The zero-order chi connectivity index (χ0) is 19.4. The van der Waals surface area contributed by atoms with Crippen LogP contribution in [-0.4, -0.2) is 26.9 Å². The zero-order valence-corrected chi connectivity index (χ0v) is 14.9. The van der Waals surface area contributed by atoms with E-state index in [-0.39, 0.29) is 16.9 Å². The van der Waals surface area contributed by atoms with Crippen LogP contribution in [0.3, 0.4) is 0 Å². The lowest BCUT2D eigenvalue weighted by Crippen LogP contribution is -2.17. The van der Waals surface area contributed by atoms with Gasteiger partial charge in [0.15, 0.2) is 0 Å². The van der Waals surface area contributed by atoms with Crippen LogP contribution < -0.4 is 10.6 Å². The molecule has 0 spiro atoms. The van der Waals surface area contributed by atoms with E-state index in [1.165, 1.54) is 18.2 Å². The van der Waals surface area contributed by atoms with Crippen molar-refractivity contribution in [1.29, 1.82) is 0 Å². The monoisotopic (exact) mass is 362 g/mol. The fourth-order valence-corrected chi connectivity index (χ4v) is 2.48. The smallest absolute Gasteiger partial charge is 0.259 e. The van der Waals surface area contributed by atoms with E-state index in [1.807, 2.05) is 0 Å². The Morgan fingerprint density at radius 3 is 1.96 bits per heavy atom. The quantitative estimate of drug-likeness (QED) is 0.660. The van der Waals surface area contributed by atoms with Crippen LogP contribution in [0.2, 0.25) is 0 Å². The molecule has 136 valence electrons. The highest BCUT2D eigenvalue weighted by atomic mass is 16.3. The van der Waals surface area contributed by atoms with Gasteiger partial charge in [0, 0.05) is 18.0 Å². The summed E-state index contributed by atoms with van der Waals surface area (Å²) < 4.78 is 0. The first-order valence-electron chi connectivity index (χ1n) is 8.24. The Hall–Kier alpha value is -3.74. The number of aromatic hydroxyl groups is 1. The maximum Gasteiger partial charge on any atom is 0.259 e. The Labute approximate surface area is 156 Å². The highest BCUT2D eigenvalue weighted by Crippen LogP contribution is 2.22. The van der Waals surface area contributed by atoms with E-state index in [4.69, 9.17) is 0 Å². The minimum atomic E-state index is -0.532. The largest absolute Gasteiger partial charge is 0.507 e. The topological polar surface area (TPSA) is 104 Å². The number of hydrogen-bond acceptors (Lipinski definition) is 5. The number of pyridine rings is 2. The number of nitrogens with zero attached hydrogens (tertiary/aromatic N) is 2. The second-order valence-corrected chi connectivity index (χ2v) is 5.91. The molecule has 1 aromatic carbocycles. The van der Waals surface area contributed by atoms with Gasteiger partial charge < -0.3 is 15.7 Å². The van der Waals surface area contributed by atoms with Crippen molar-refractivity contribution in [2.24, 2.45) is 0 Å². The molecule has 0 aliphatic heterocycles. The molecule has 3 aromatic rings. The van der Waals surface area contributed by atoms with Crippen molar-refractivity contribution in [1.82, 2.24) is 9.97 Å². The van der Waals surface area contributed by atoms with E-state index in [1.54, 1.807) is 50.5 Å². The summed E-state index contributed by atoms with van der Waals surface area (Å²) in [5, 5.41) is 15.5. The summed E-state index contributed by atoms with van der Waals surface area (Å²) in [5.41, 5.74) is 2.66. The second kappa shape index (κ2) is 7.65. The van der Waals surface area contributed by atoms with Crippen molar-refractivity contribution in [2.75, 3.05) is 10.6 Å². The van der Waals surface area contributed by atoms with Crippen molar-refractivity contribution in [3.05, 3.63) is 77.4 Å². The molecule has 0 atom stereocenters. The molecule has 0 bridgehead atoms. The van der Waals surface area contributed by atoms with Crippen LogP contribution >= 0.6 is 0 Å². The van der Waals surface area contributed by atoms with Crippen LogP contribution in [-0.2, 0) is 0 Å². The first kappa shape index (κ1) is 18.1. The van der Waals surface area contributed by atoms with Crippen LogP contribution in [0, 0.1) is 13.8 Å². The standard InChI is InChI=1S/C20H18N4O3/c1-12-16(5-3-9-21-12)23-19(26)14-7-8-18(25)15(11-14)20(27)24-17-6-4-10-22-13(17)2/h3-11,25H,1-2H3,(H,23,26)(H,24,27). The molecule has 0 fully saturated rings. The molecule has 7 heteroatoms. The minimum absolute atomic E-state index is 0.00573. The normalized spacial score (nSPS) is 10.3. The third-order valence-corrected chi connectivity index (χ3v) is 4.01. The highest BCUT2D eigenvalue weighted by molar-refractivity contribution is 6.10. The van der Waals surface area contributed by atoms with E-state index in [9.17, 15) is 14.7 Å². The van der Waals surface area contributed by atoms with E-state index >= 15 is 0 Å². The number of rotatable bonds is 4. The van der Waals surface area contributed by atoms with Crippen molar-refractivity contribution in [3.63, 3.8) is 0 Å². The Bertz CT molecular complexity index is 1020. The van der Waals surface area contributed by atoms with E-state index in [0.29, 0.717) is 22.8 Å². The number of benzene rings is 1. The number of phenolic OH excluding ortho intramolecular Hbond substituents is 1. The summed E-state index contributed by atoms with van der Waals surface area (Å²) in [4.78, 5) is 33.3.